The van der Waals surface area contributed by atoms with Crippen molar-refractivity contribution in [2.24, 2.45) is 0 Å². The van der Waals surface area contributed by atoms with E-state index in [0.717, 1.165) is 12.8 Å². The average molecular weight is 217 g/mol. The highest BCUT2D eigenvalue weighted by atomic mass is 16.5. The van der Waals surface area contributed by atoms with Crippen LogP contribution in [0.25, 0.3) is 0 Å². The van der Waals surface area contributed by atoms with Crippen molar-refractivity contribution in [1.82, 2.24) is 5.32 Å². The first kappa shape index (κ1) is 14.4. The van der Waals surface area contributed by atoms with Gasteiger partial charge in [-0.25, -0.2) is 0 Å². The predicted octanol–water partition coefficient (Wildman–Crippen LogP) is 1.34. The molecular formula is C11H23NO3. The second-order valence-electron chi connectivity index (χ2n) is 3.45. The normalized spacial score (nSPS) is 12.5. The Bertz CT molecular complexity index is 156. The molecule has 0 aromatic carbocycles. The van der Waals surface area contributed by atoms with E-state index in [4.69, 9.17) is 9.47 Å². The third-order valence-corrected chi connectivity index (χ3v) is 2.07. The second-order valence-corrected chi connectivity index (χ2v) is 3.45. The summed E-state index contributed by atoms with van der Waals surface area (Å²) in [6, 6.07) is 0.342. The zero-order valence-electron chi connectivity index (χ0n) is 10.0. The van der Waals surface area contributed by atoms with Crippen LogP contribution < -0.4 is 5.32 Å². The first-order valence-electron chi connectivity index (χ1n) is 5.62. The highest BCUT2D eigenvalue weighted by Crippen LogP contribution is 1.97. The Kier molecular flexibility index (Phi) is 9.52. The van der Waals surface area contributed by atoms with E-state index in [1.807, 2.05) is 6.92 Å². The molecule has 4 nitrogen and oxygen atoms in total. The van der Waals surface area contributed by atoms with Crippen LogP contribution >= 0.6 is 0 Å². The lowest BCUT2D eigenvalue weighted by atomic mass is 10.2. The molecule has 15 heavy (non-hydrogen) atoms. The lowest BCUT2D eigenvalue weighted by molar-refractivity contribution is -0.143. The SMILES string of the molecule is CCC[C@H](COC)NCCC(=O)OCC. The van der Waals surface area contributed by atoms with Crippen molar-refractivity contribution in [2.75, 3.05) is 26.9 Å². The van der Waals surface area contributed by atoms with Gasteiger partial charge in [-0.2, -0.15) is 0 Å². The number of nitrogens with one attached hydrogen (secondary N) is 1. The Morgan fingerprint density at radius 3 is 2.67 bits per heavy atom. The lowest BCUT2D eigenvalue weighted by Gasteiger charge is -2.16. The van der Waals surface area contributed by atoms with Gasteiger partial charge in [-0.1, -0.05) is 13.3 Å². The molecule has 0 unspecified atom stereocenters. The molecule has 0 aromatic heterocycles. The van der Waals surface area contributed by atoms with Crippen LogP contribution in [0.4, 0.5) is 0 Å². The summed E-state index contributed by atoms with van der Waals surface area (Å²) in [5.74, 6) is -0.141. The number of hydrogen-bond acceptors (Lipinski definition) is 4. The van der Waals surface area contributed by atoms with Crippen LogP contribution in [0.5, 0.6) is 0 Å². The Hall–Kier alpha value is -0.610. The molecule has 0 amide bonds. The van der Waals surface area contributed by atoms with E-state index < -0.39 is 0 Å². The molecule has 0 aliphatic rings. The van der Waals surface area contributed by atoms with E-state index in [0.29, 0.717) is 32.2 Å². The number of carbonyl (C=O) groups excluding carboxylic acids is 1. The van der Waals surface area contributed by atoms with Crippen molar-refractivity contribution in [3.8, 4) is 0 Å². The fourth-order valence-corrected chi connectivity index (χ4v) is 1.41. The van der Waals surface area contributed by atoms with Gasteiger partial charge in [0.15, 0.2) is 0 Å². The maximum Gasteiger partial charge on any atom is 0.307 e. The summed E-state index contributed by atoms with van der Waals surface area (Å²) in [4.78, 5) is 11.0. The minimum absolute atomic E-state index is 0.141. The molecule has 0 saturated heterocycles. The van der Waals surface area contributed by atoms with E-state index in [-0.39, 0.29) is 5.97 Å². The number of ether oxygens (including phenoxy) is 2. The molecule has 0 aliphatic carbocycles. The minimum atomic E-state index is -0.141. The van der Waals surface area contributed by atoms with Crippen LogP contribution in [-0.4, -0.2) is 38.9 Å². The van der Waals surface area contributed by atoms with Gasteiger partial charge < -0.3 is 14.8 Å². The number of carbonyl (C=O) groups is 1. The molecule has 4 heteroatoms. The molecule has 0 rings (SSSR count). The van der Waals surface area contributed by atoms with Crippen molar-refractivity contribution in [3.63, 3.8) is 0 Å². The third-order valence-electron chi connectivity index (χ3n) is 2.07. The first-order chi connectivity index (χ1) is 7.24. The number of hydrogen-bond donors (Lipinski definition) is 1. The van der Waals surface area contributed by atoms with Crippen LogP contribution in [0, 0.1) is 0 Å². The summed E-state index contributed by atoms with van der Waals surface area (Å²) < 4.78 is 9.92. The van der Waals surface area contributed by atoms with Gasteiger partial charge in [-0.3, -0.25) is 4.79 Å². The second kappa shape index (κ2) is 9.93. The molecule has 0 heterocycles. The molecule has 1 atom stereocenters. The standard InChI is InChI=1S/C11H23NO3/c1-4-6-10(9-14-3)12-8-7-11(13)15-5-2/h10,12H,4-9H2,1-3H3/t10-/m1/s1. The number of methoxy groups -OCH3 is 1. The fourth-order valence-electron chi connectivity index (χ4n) is 1.41. The van der Waals surface area contributed by atoms with Crippen LogP contribution in [0.3, 0.4) is 0 Å². The lowest BCUT2D eigenvalue weighted by Crippen LogP contribution is -2.34. The summed E-state index contributed by atoms with van der Waals surface area (Å²) in [6.45, 7) is 5.75. The van der Waals surface area contributed by atoms with Crippen molar-refractivity contribution in [2.45, 2.75) is 39.2 Å². The number of rotatable bonds is 9. The Labute approximate surface area is 92.3 Å². The van der Waals surface area contributed by atoms with Crippen LogP contribution in [0.2, 0.25) is 0 Å². The summed E-state index contributed by atoms with van der Waals surface area (Å²) in [7, 11) is 1.69. The summed E-state index contributed by atoms with van der Waals surface area (Å²) in [5.41, 5.74) is 0. The van der Waals surface area contributed by atoms with E-state index >= 15 is 0 Å². The maximum atomic E-state index is 11.0. The maximum absolute atomic E-state index is 11.0. The highest BCUT2D eigenvalue weighted by molar-refractivity contribution is 5.69. The van der Waals surface area contributed by atoms with Gasteiger partial charge in [-0.15, -0.1) is 0 Å². The van der Waals surface area contributed by atoms with Crippen LogP contribution in [0.1, 0.15) is 33.1 Å². The summed E-state index contributed by atoms with van der Waals surface area (Å²) in [5, 5.41) is 3.29. The van der Waals surface area contributed by atoms with Crippen LogP contribution in [-0.2, 0) is 14.3 Å². The monoisotopic (exact) mass is 217 g/mol. The van der Waals surface area contributed by atoms with E-state index in [2.05, 4.69) is 12.2 Å². The van der Waals surface area contributed by atoms with Gasteiger partial charge >= 0.3 is 5.97 Å². The van der Waals surface area contributed by atoms with Gasteiger partial charge in [-0.05, 0) is 13.3 Å². The highest BCUT2D eigenvalue weighted by Gasteiger charge is 2.07. The largest absolute Gasteiger partial charge is 0.466 e. The third kappa shape index (κ3) is 8.39. The Morgan fingerprint density at radius 1 is 1.40 bits per heavy atom. The van der Waals surface area contributed by atoms with Crippen LogP contribution in [0.15, 0.2) is 0 Å². The molecule has 0 aliphatic heterocycles. The zero-order chi connectivity index (χ0) is 11.5. The zero-order valence-corrected chi connectivity index (χ0v) is 10.0. The predicted molar refractivity (Wildman–Crippen MR) is 59.8 cm³/mol. The molecule has 0 fully saturated rings. The van der Waals surface area contributed by atoms with Gasteiger partial charge in [0.2, 0.25) is 0 Å². The Morgan fingerprint density at radius 2 is 2.13 bits per heavy atom. The van der Waals surface area contributed by atoms with Gasteiger partial charge in [0.25, 0.3) is 0 Å². The molecule has 0 aromatic rings. The van der Waals surface area contributed by atoms with Crippen molar-refractivity contribution in [1.29, 1.82) is 0 Å². The summed E-state index contributed by atoms with van der Waals surface area (Å²) >= 11 is 0. The molecule has 0 bridgehead atoms. The molecule has 1 N–H and O–H groups in total. The fraction of sp³-hybridized carbons (Fsp3) is 0.909. The minimum Gasteiger partial charge on any atom is -0.466 e. The van der Waals surface area contributed by atoms with E-state index in [9.17, 15) is 4.79 Å². The molecule has 90 valence electrons. The van der Waals surface area contributed by atoms with Gasteiger partial charge in [0.05, 0.1) is 19.6 Å². The van der Waals surface area contributed by atoms with Crippen molar-refractivity contribution >= 4 is 5.97 Å². The van der Waals surface area contributed by atoms with Crippen molar-refractivity contribution < 1.29 is 14.3 Å². The quantitative estimate of drug-likeness (QED) is 0.592. The van der Waals surface area contributed by atoms with E-state index in [1.54, 1.807) is 7.11 Å². The molecule has 0 spiro atoms. The summed E-state index contributed by atoms with van der Waals surface area (Å²) in [6.07, 6.45) is 2.61. The molecule has 0 radical (unpaired) electrons. The molecular weight excluding hydrogens is 194 g/mol. The first-order valence-corrected chi connectivity index (χ1v) is 5.62. The van der Waals surface area contributed by atoms with Crippen molar-refractivity contribution in [3.05, 3.63) is 0 Å². The smallest absolute Gasteiger partial charge is 0.307 e. The molecule has 0 saturated carbocycles. The topological polar surface area (TPSA) is 47.6 Å². The van der Waals surface area contributed by atoms with Gasteiger partial charge in [0, 0.05) is 19.7 Å². The average Bonchev–Trinajstić information content (AvgIpc) is 2.19. The Balaban J connectivity index is 3.55. The number of esters is 1. The van der Waals surface area contributed by atoms with Gasteiger partial charge in [0.1, 0.15) is 0 Å². The van der Waals surface area contributed by atoms with E-state index in [1.165, 1.54) is 0 Å².